The van der Waals surface area contributed by atoms with Crippen molar-refractivity contribution in [2.24, 2.45) is 5.92 Å². The number of hydrogen-bond acceptors (Lipinski definition) is 4. The molecule has 9 heteroatoms. The number of piperidine rings is 1. The van der Waals surface area contributed by atoms with E-state index in [0.29, 0.717) is 19.4 Å². The first-order valence-corrected chi connectivity index (χ1v) is 10.4. The number of carbonyl (C=O) groups excluding carboxylic acids is 2. The molecule has 2 saturated heterocycles. The van der Waals surface area contributed by atoms with Crippen molar-refractivity contribution in [3.05, 3.63) is 35.9 Å². The standard InChI is InChI=1S/C21H29F3N4O2/c1-26-11-13-27(14-12-26)18(17-5-3-2-4-6-17)19(29)25-15-16-7-9-28(10-8-16)20(30)21(22,23)24/h2-6,16,18H,7-15H2,1H3,(H,25,29)/t18-/m0/s1. The van der Waals surface area contributed by atoms with Crippen molar-refractivity contribution in [2.45, 2.75) is 25.1 Å². The number of piperazine rings is 1. The van der Waals surface area contributed by atoms with Crippen molar-refractivity contribution in [3.8, 4) is 0 Å². The number of alkyl halides is 3. The third-order valence-corrected chi connectivity index (χ3v) is 5.98. The van der Waals surface area contributed by atoms with Gasteiger partial charge in [-0.05, 0) is 31.4 Å². The van der Waals surface area contributed by atoms with Crippen LogP contribution in [0.15, 0.2) is 30.3 Å². The Balaban J connectivity index is 1.56. The third kappa shape index (κ3) is 5.72. The highest BCUT2D eigenvalue weighted by atomic mass is 19.4. The number of nitrogens with one attached hydrogen (secondary N) is 1. The monoisotopic (exact) mass is 426 g/mol. The predicted octanol–water partition coefficient (Wildman–Crippen LogP) is 1.89. The molecule has 166 valence electrons. The van der Waals surface area contributed by atoms with E-state index in [2.05, 4.69) is 22.2 Å². The summed E-state index contributed by atoms with van der Waals surface area (Å²) in [5, 5.41) is 3.01. The van der Waals surface area contributed by atoms with Gasteiger partial charge in [-0.2, -0.15) is 13.2 Å². The summed E-state index contributed by atoms with van der Waals surface area (Å²) >= 11 is 0. The lowest BCUT2D eigenvalue weighted by Crippen LogP contribution is -2.51. The normalized spacial score (nSPS) is 20.7. The Morgan fingerprint density at radius 3 is 2.20 bits per heavy atom. The first-order valence-electron chi connectivity index (χ1n) is 10.4. The zero-order valence-electron chi connectivity index (χ0n) is 17.2. The Hall–Kier alpha value is -2.13. The van der Waals surface area contributed by atoms with Gasteiger partial charge in [-0.15, -0.1) is 0 Å². The molecule has 1 N–H and O–H groups in total. The average Bonchev–Trinajstić information content (AvgIpc) is 2.74. The Labute approximate surface area is 175 Å². The highest BCUT2D eigenvalue weighted by Gasteiger charge is 2.43. The largest absolute Gasteiger partial charge is 0.471 e. The maximum atomic E-state index is 13.1. The molecule has 0 spiro atoms. The van der Waals surface area contributed by atoms with Crippen LogP contribution < -0.4 is 5.32 Å². The number of halogens is 3. The molecule has 2 aliphatic rings. The van der Waals surface area contributed by atoms with Crippen molar-refractivity contribution in [2.75, 3.05) is 52.9 Å². The van der Waals surface area contributed by atoms with Crippen LogP contribution in [0.3, 0.4) is 0 Å². The number of nitrogens with zero attached hydrogens (tertiary/aromatic N) is 3. The first-order chi connectivity index (χ1) is 14.3. The van der Waals surface area contributed by atoms with Gasteiger partial charge in [-0.3, -0.25) is 14.5 Å². The summed E-state index contributed by atoms with van der Waals surface area (Å²) in [5.74, 6) is -1.79. The average molecular weight is 426 g/mol. The van der Waals surface area contributed by atoms with E-state index in [9.17, 15) is 22.8 Å². The Morgan fingerprint density at radius 2 is 1.63 bits per heavy atom. The predicted molar refractivity (Wildman–Crippen MR) is 107 cm³/mol. The van der Waals surface area contributed by atoms with Crippen molar-refractivity contribution in [1.82, 2.24) is 20.0 Å². The van der Waals surface area contributed by atoms with E-state index < -0.39 is 12.1 Å². The van der Waals surface area contributed by atoms with Crippen LogP contribution in [-0.4, -0.2) is 85.6 Å². The highest BCUT2D eigenvalue weighted by Crippen LogP contribution is 2.25. The summed E-state index contributed by atoms with van der Waals surface area (Å²) in [6.07, 6.45) is -3.92. The van der Waals surface area contributed by atoms with Gasteiger partial charge in [-0.25, -0.2) is 0 Å². The molecule has 30 heavy (non-hydrogen) atoms. The second-order valence-corrected chi connectivity index (χ2v) is 8.13. The molecule has 0 saturated carbocycles. The van der Waals surface area contributed by atoms with Crippen molar-refractivity contribution < 1.29 is 22.8 Å². The number of rotatable bonds is 5. The Bertz CT molecular complexity index is 713. The molecule has 2 fully saturated rings. The summed E-state index contributed by atoms with van der Waals surface area (Å²) in [4.78, 5) is 29.7. The molecule has 1 aromatic carbocycles. The van der Waals surface area contributed by atoms with Crippen molar-refractivity contribution in [1.29, 1.82) is 0 Å². The number of amides is 2. The molecule has 1 aromatic rings. The minimum absolute atomic E-state index is 0.0650. The molecule has 0 radical (unpaired) electrons. The van der Waals surface area contributed by atoms with Gasteiger partial charge in [-0.1, -0.05) is 30.3 Å². The first kappa shape index (κ1) is 22.6. The molecule has 0 unspecified atom stereocenters. The van der Waals surface area contributed by atoms with E-state index in [0.717, 1.165) is 36.6 Å². The topological polar surface area (TPSA) is 55.9 Å². The van der Waals surface area contributed by atoms with Gasteiger partial charge in [0.25, 0.3) is 0 Å². The molecular formula is C21H29F3N4O2. The molecule has 0 bridgehead atoms. The smallest absolute Gasteiger partial charge is 0.354 e. The summed E-state index contributed by atoms with van der Waals surface area (Å²) in [5.41, 5.74) is 0.935. The van der Waals surface area contributed by atoms with Crippen LogP contribution in [0.2, 0.25) is 0 Å². The number of hydrogen-bond donors (Lipinski definition) is 1. The lowest BCUT2D eigenvalue weighted by atomic mass is 9.96. The zero-order chi connectivity index (χ0) is 21.7. The number of likely N-dealkylation sites (N-methyl/N-ethyl adjacent to an activating group) is 1. The second kappa shape index (κ2) is 9.78. The minimum Gasteiger partial charge on any atom is -0.354 e. The highest BCUT2D eigenvalue weighted by molar-refractivity contribution is 5.83. The summed E-state index contributed by atoms with van der Waals surface area (Å²) in [6, 6.07) is 9.26. The maximum Gasteiger partial charge on any atom is 0.471 e. The van der Waals surface area contributed by atoms with Gasteiger partial charge in [0.2, 0.25) is 5.91 Å². The maximum absolute atomic E-state index is 13.1. The third-order valence-electron chi connectivity index (χ3n) is 5.98. The Kier molecular flexibility index (Phi) is 7.36. The fourth-order valence-corrected chi connectivity index (χ4v) is 4.10. The van der Waals surface area contributed by atoms with Gasteiger partial charge in [0, 0.05) is 45.8 Å². The van der Waals surface area contributed by atoms with Gasteiger partial charge in [0.1, 0.15) is 6.04 Å². The molecule has 2 amide bonds. The SMILES string of the molecule is CN1CCN([C@H](C(=O)NCC2CCN(C(=O)C(F)(F)F)CC2)c2ccccc2)CC1. The van der Waals surface area contributed by atoms with Gasteiger partial charge in [0.05, 0.1) is 0 Å². The van der Waals surface area contributed by atoms with E-state index in [1.807, 2.05) is 30.3 Å². The van der Waals surface area contributed by atoms with Crippen LogP contribution in [0, 0.1) is 5.92 Å². The lowest BCUT2D eigenvalue weighted by Gasteiger charge is -2.38. The quantitative estimate of drug-likeness (QED) is 0.782. The number of carbonyl (C=O) groups is 2. The van der Waals surface area contributed by atoms with Crippen LogP contribution >= 0.6 is 0 Å². The number of likely N-dealkylation sites (tertiary alicyclic amines) is 1. The zero-order valence-corrected chi connectivity index (χ0v) is 17.2. The van der Waals surface area contributed by atoms with Crippen molar-refractivity contribution >= 4 is 11.8 Å². The van der Waals surface area contributed by atoms with Crippen LogP contribution in [-0.2, 0) is 9.59 Å². The molecular weight excluding hydrogens is 397 g/mol. The van der Waals surface area contributed by atoms with Gasteiger partial charge >= 0.3 is 12.1 Å². The van der Waals surface area contributed by atoms with E-state index in [-0.39, 0.29) is 31.0 Å². The van der Waals surface area contributed by atoms with Crippen LogP contribution in [0.25, 0.3) is 0 Å². The van der Waals surface area contributed by atoms with Gasteiger partial charge < -0.3 is 15.1 Å². The molecule has 2 aliphatic heterocycles. The molecule has 0 aromatic heterocycles. The van der Waals surface area contributed by atoms with Crippen LogP contribution in [0.1, 0.15) is 24.4 Å². The molecule has 3 rings (SSSR count). The molecule has 2 heterocycles. The van der Waals surface area contributed by atoms with Crippen molar-refractivity contribution in [3.63, 3.8) is 0 Å². The number of benzene rings is 1. The van der Waals surface area contributed by atoms with Crippen LogP contribution in [0.5, 0.6) is 0 Å². The summed E-state index contributed by atoms with van der Waals surface area (Å²) < 4.78 is 37.7. The van der Waals surface area contributed by atoms with Crippen LogP contribution in [0.4, 0.5) is 13.2 Å². The minimum atomic E-state index is -4.83. The van der Waals surface area contributed by atoms with E-state index in [4.69, 9.17) is 0 Å². The van der Waals surface area contributed by atoms with E-state index >= 15 is 0 Å². The fourth-order valence-electron chi connectivity index (χ4n) is 4.10. The fraction of sp³-hybridized carbons (Fsp3) is 0.619. The van der Waals surface area contributed by atoms with Gasteiger partial charge in [0.15, 0.2) is 0 Å². The summed E-state index contributed by atoms with van der Waals surface area (Å²) in [6.45, 7) is 3.91. The Morgan fingerprint density at radius 1 is 1.03 bits per heavy atom. The molecule has 0 aliphatic carbocycles. The molecule has 6 nitrogen and oxygen atoms in total. The summed E-state index contributed by atoms with van der Waals surface area (Å²) in [7, 11) is 2.06. The second-order valence-electron chi connectivity index (χ2n) is 8.13. The van der Waals surface area contributed by atoms with E-state index in [1.54, 1.807) is 0 Å². The molecule has 1 atom stereocenters. The van der Waals surface area contributed by atoms with E-state index in [1.165, 1.54) is 0 Å². The lowest BCUT2D eigenvalue weighted by molar-refractivity contribution is -0.186.